The number of aliphatic hydroxyl groups excluding tert-OH is 1. The van der Waals surface area contributed by atoms with E-state index in [0.29, 0.717) is 17.0 Å². The average Bonchev–Trinajstić information content (AvgIpc) is 2.49. The van der Waals surface area contributed by atoms with Crippen molar-refractivity contribution in [1.82, 2.24) is 10.3 Å². The zero-order chi connectivity index (χ0) is 15.1. The first-order chi connectivity index (χ1) is 10.2. The molecule has 1 aromatic heterocycles. The Balaban J connectivity index is 2.15. The molecule has 1 unspecified atom stereocenters. The highest BCUT2D eigenvalue weighted by atomic mass is 32.2. The van der Waals surface area contributed by atoms with Crippen molar-refractivity contribution in [1.29, 1.82) is 0 Å². The summed E-state index contributed by atoms with van der Waals surface area (Å²) in [6.07, 6.45) is 2.21. The SMILES string of the molecule is CC(CCO)NC(=O)c1cccnc1Sc1ccccc1. The molecule has 2 aromatic rings. The number of aromatic nitrogens is 1. The lowest BCUT2D eigenvalue weighted by Gasteiger charge is -2.14. The molecule has 0 spiro atoms. The van der Waals surface area contributed by atoms with Crippen molar-refractivity contribution in [2.75, 3.05) is 6.61 Å². The molecule has 1 aromatic carbocycles. The highest BCUT2D eigenvalue weighted by molar-refractivity contribution is 7.99. The van der Waals surface area contributed by atoms with Gasteiger partial charge in [0.25, 0.3) is 5.91 Å². The standard InChI is InChI=1S/C16H18N2O2S/c1-12(9-11-19)18-15(20)14-8-5-10-17-16(14)21-13-6-3-2-4-7-13/h2-8,10,12,19H,9,11H2,1H3,(H,18,20). The summed E-state index contributed by atoms with van der Waals surface area (Å²) in [5, 5.41) is 12.5. The minimum atomic E-state index is -0.164. The third kappa shape index (κ3) is 4.58. The van der Waals surface area contributed by atoms with Crippen LogP contribution in [0.4, 0.5) is 0 Å². The molecule has 1 amide bonds. The molecule has 110 valence electrons. The van der Waals surface area contributed by atoms with Crippen LogP contribution in [-0.2, 0) is 0 Å². The second-order valence-electron chi connectivity index (χ2n) is 4.66. The molecule has 5 heteroatoms. The number of pyridine rings is 1. The van der Waals surface area contributed by atoms with Crippen molar-refractivity contribution >= 4 is 17.7 Å². The number of amides is 1. The van der Waals surface area contributed by atoms with Crippen molar-refractivity contribution in [3.05, 3.63) is 54.2 Å². The maximum absolute atomic E-state index is 12.3. The van der Waals surface area contributed by atoms with E-state index in [1.54, 1.807) is 18.3 Å². The molecule has 0 aliphatic carbocycles. The van der Waals surface area contributed by atoms with Crippen molar-refractivity contribution in [3.63, 3.8) is 0 Å². The van der Waals surface area contributed by atoms with Crippen LogP contribution in [0, 0.1) is 0 Å². The number of hydrogen-bond donors (Lipinski definition) is 2. The molecule has 4 nitrogen and oxygen atoms in total. The fourth-order valence-corrected chi connectivity index (χ4v) is 2.71. The van der Waals surface area contributed by atoms with E-state index >= 15 is 0 Å². The molecule has 0 saturated carbocycles. The Morgan fingerprint density at radius 1 is 1.29 bits per heavy atom. The predicted octanol–water partition coefficient (Wildman–Crippen LogP) is 2.73. The molecule has 1 atom stereocenters. The van der Waals surface area contributed by atoms with Crippen molar-refractivity contribution in [2.24, 2.45) is 0 Å². The van der Waals surface area contributed by atoms with E-state index < -0.39 is 0 Å². The molecule has 1 heterocycles. The summed E-state index contributed by atoms with van der Waals surface area (Å²) < 4.78 is 0. The molecule has 0 aliphatic heterocycles. The number of nitrogens with one attached hydrogen (secondary N) is 1. The van der Waals surface area contributed by atoms with Gasteiger partial charge in [0.1, 0.15) is 5.03 Å². The molecular weight excluding hydrogens is 284 g/mol. The minimum Gasteiger partial charge on any atom is -0.396 e. The third-order valence-corrected chi connectivity index (χ3v) is 3.94. The molecule has 0 saturated heterocycles. The van der Waals surface area contributed by atoms with Crippen molar-refractivity contribution in [3.8, 4) is 0 Å². The van der Waals surface area contributed by atoms with Crippen LogP contribution in [0.5, 0.6) is 0 Å². The summed E-state index contributed by atoms with van der Waals surface area (Å²) in [7, 11) is 0. The van der Waals surface area contributed by atoms with Crippen LogP contribution >= 0.6 is 11.8 Å². The van der Waals surface area contributed by atoms with Gasteiger partial charge in [-0.1, -0.05) is 30.0 Å². The van der Waals surface area contributed by atoms with E-state index in [-0.39, 0.29) is 18.6 Å². The Morgan fingerprint density at radius 2 is 2.05 bits per heavy atom. The van der Waals surface area contributed by atoms with Gasteiger partial charge < -0.3 is 10.4 Å². The molecule has 2 rings (SSSR count). The van der Waals surface area contributed by atoms with Crippen LogP contribution in [0.15, 0.2) is 58.6 Å². The van der Waals surface area contributed by atoms with Gasteiger partial charge in [-0.2, -0.15) is 0 Å². The van der Waals surface area contributed by atoms with Gasteiger partial charge in [0.05, 0.1) is 5.56 Å². The highest BCUT2D eigenvalue weighted by Crippen LogP contribution is 2.28. The van der Waals surface area contributed by atoms with Gasteiger partial charge in [-0.05, 0) is 37.6 Å². The third-order valence-electron chi connectivity index (χ3n) is 2.91. The smallest absolute Gasteiger partial charge is 0.254 e. The Morgan fingerprint density at radius 3 is 2.76 bits per heavy atom. The van der Waals surface area contributed by atoms with E-state index in [1.165, 1.54) is 11.8 Å². The first-order valence-corrected chi connectivity index (χ1v) is 7.62. The quantitative estimate of drug-likeness (QED) is 0.861. The summed E-state index contributed by atoms with van der Waals surface area (Å²) in [5.41, 5.74) is 0.552. The van der Waals surface area contributed by atoms with Crippen molar-refractivity contribution in [2.45, 2.75) is 29.3 Å². The number of hydrogen-bond acceptors (Lipinski definition) is 4. The van der Waals surface area contributed by atoms with Gasteiger partial charge in [-0.25, -0.2) is 4.98 Å². The Labute approximate surface area is 128 Å². The Bertz CT molecular complexity index is 590. The normalized spacial score (nSPS) is 11.9. The first kappa shape index (κ1) is 15.5. The Hall–Kier alpha value is -1.85. The molecule has 0 aliphatic rings. The van der Waals surface area contributed by atoms with Crippen LogP contribution in [-0.4, -0.2) is 28.6 Å². The van der Waals surface area contributed by atoms with E-state index in [0.717, 1.165) is 4.90 Å². The van der Waals surface area contributed by atoms with Gasteiger partial charge in [0, 0.05) is 23.7 Å². The lowest BCUT2D eigenvalue weighted by Crippen LogP contribution is -2.33. The highest BCUT2D eigenvalue weighted by Gasteiger charge is 2.15. The van der Waals surface area contributed by atoms with Gasteiger partial charge in [-0.3, -0.25) is 4.79 Å². The van der Waals surface area contributed by atoms with Crippen molar-refractivity contribution < 1.29 is 9.90 Å². The monoisotopic (exact) mass is 302 g/mol. The number of carbonyl (C=O) groups excluding carboxylic acids is 1. The lowest BCUT2D eigenvalue weighted by atomic mass is 10.2. The van der Waals surface area contributed by atoms with Crippen LogP contribution < -0.4 is 5.32 Å². The molecule has 0 radical (unpaired) electrons. The number of nitrogens with zero attached hydrogens (tertiary/aromatic N) is 1. The number of benzene rings is 1. The Kier molecular flexibility index (Phi) is 5.78. The molecular formula is C16H18N2O2S. The topological polar surface area (TPSA) is 62.2 Å². The summed E-state index contributed by atoms with van der Waals surface area (Å²) in [4.78, 5) is 17.6. The van der Waals surface area contributed by atoms with Crippen LogP contribution in [0.1, 0.15) is 23.7 Å². The number of aliphatic hydroxyl groups is 1. The summed E-state index contributed by atoms with van der Waals surface area (Å²) in [5.74, 6) is -0.164. The average molecular weight is 302 g/mol. The number of rotatable bonds is 6. The van der Waals surface area contributed by atoms with Gasteiger partial charge >= 0.3 is 0 Å². The fourth-order valence-electron chi connectivity index (χ4n) is 1.81. The second kappa shape index (κ2) is 7.81. The zero-order valence-electron chi connectivity index (χ0n) is 11.8. The summed E-state index contributed by atoms with van der Waals surface area (Å²) in [6, 6.07) is 13.3. The summed E-state index contributed by atoms with van der Waals surface area (Å²) >= 11 is 1.46. The summed E-state index contributed by atoms with van der Waals surface area (Å²) in [6.45, 7) is 1.93. The molecule has 0 fully saturated rings. The van der Waals surface area contributed by atoms with E-state index in [4.69, 9.17) is 5.11 Å². The molecule has 2 N–H and O–H groups in total. The largest absolute Gasteiger partial charge is 0.396 e. The van der Waals surface area contributed by atoms with Crippen LogP contribution in [0.25, 0.3) is 0 Å². The molecule has 21 heavy (non-hydrogen) atoms. The van der Waals surface area contributed by atoms with E-state index in [2.05, 4.69) is 10.3 Å². The maximum atomic E-state index is 12.3. The maximum Gasteiger partial charge on any atom is 0.254 e. The van der Waals surface area contributed by atoms with E-state index in [1.807, 2.05) is 37.3 Å². The zero-order valence-corrected chi connectivity index (χ0v) is 12.6. The van der Waals surface area contributed by atoms with Gasteiger partial charge in [0.15, 0.2) is 0 Å². The predicted molar refractivity (Wildman–Crippen MR) is 83.4 cm³/mol. The second-order valence-corrected chi connectivity index (χ2v) is 5.72. The molecule has 0 bridgehead atoms. The minimum absolute atomic E-state index is 0.0557. The van der Waals surface area contributed by atoms with Gasteiger partial charge in [-0.15, -0.1) is 0 Å². The lowest BCUT2D eigenvalue weighted by molar-refractivity contribution is 0.0930. The van der Waals surface area contributed by atoms with Gasteiger partial charge in [0.2, 0.25) is 0 Å². The van der Waals surface area contributed by atoms with Crippen LogP contribution in [0.3, 0.4) is 0 Å². The fraction of sp³-hybridized carbons (Fsp3) is 0.250. The number of carbonyl (C=O) groups is 1. The van der Waals surface area contributed by atoms with E-state index in [9.17, 15) is 4.79 Å². The first-order valence-electron chi connectivity index (χ1n) is 6.80. The van der Waals surface area contributed by atoms with Crippen LogP contribution in [0.2, 0.25) is 0 Å².